The number of nitrogens with zero attached hydrogens (tertiary/aromatic N) is 3. The van der Waals surface area contributed by atoms with E-state index in [2.05, 4.69) is 37.6 Å². The van der Waals surface area contributed by atoms with Crippen molar-refractivity contribution in [3.63, 3.8) is 0 Å². The Bertz CT molecular complexity index is 1250. The first-order chi connectivity index (χ1) is 18.4. The van der Waals surface area contributed by atoms with Crippen LogP contribution in [0.2, 0.25) is 5.02 Å². The summed E-state index contributed by atoms with van der Waals surface area (Å²) in [5.74, 6) is 0.295. The van der Waals surface area contributed by atoms with E-state index in [0.29, 0.717) is 45.1 Å². The zero-order valence-corrected chi connectivity index (χ0v) is 21.8. The first kappa shape index (κ1) is 29.1. The van der Waals surface area contributed by atoms with Gasteiger partial charge in [0, 0.05) is 38.4 Å². The molecule has 0 spiro atoms. The molecule has 2 aromatic heterocycles. The van der Waals surface area contributed by atoms with Gasteiger partial charge in [-0.15, -0.1) is 13.2 Å². The molecule has 0 aliphatic carbocycles. The molecule has 0 saturated carbocycles. The van der Waals surface area contributed by atoms with Crippen LogP contribution in [-0.4, -0.2) is 52.5 Å². The highest BCUT2D eigenvalue weighted by molar-refractivity contribution is 6.32. The smallest absolute Gasteiger partial charge is 0.493 e. The molecular formula is C26H29ClF3N5O3. The summed E-state index contributed by atoms with van der Waals surface area (Å²) in [5.41, 5.74) is 2.45. The van der Waals surface area contributed by atoms with Crippen LogP contribution in [0.1, 0.15) is 32.3 Å². The Hall–Kier alpha value is -3.46. The van der Waals surface area contributed by atoms with Crippen molar-refractivity contribution < 1.29 is 27.4 Å². The molecule has 204 valence electrons. The van der Waals surface area contributed by atoms with Gasteiger partial charge >= 0.3 is 6.36 Å². The van der Waals surface area contributed by atoms with Gasteiger partial charge < -0.3 is 19.5 Å². The second kappa shape index (κ2) is 14.5. The number of benzene rings is 2. The van der Waals surface area contributed by atoms with Crippen LogP contribution < -0.4 is 14.8 Å². The van der Waals surface area contributed by atoms with Gasteiger partial charge in [-0.3, -0.25) is 9.67 Å². The zero-order chi connectivity index (χ0) is 27.4. The standard InChI is InChI=1S/C24H23ClF3N5O3.C2H6/c25-20-11-17(3-4-22(20)36-24(26,27)28)14-29-5-1-8-34-9-2-10-35-23-13-18(33-7-6-30-16-33)12-21-19(23)15-31-32-21;1-2/h3-4,11-13,15-16,29H,1-2,5,8-10,14H2,(H,31,32);1-2H3. The summed E-state index contributed by atoms with van der Waals surface area (Å²) in [6, 6.07) is 8.03. The maximum absolute atomic E-state index is 12.3. The number of halogens is 4. The lowest BCUT2D eigenvalue weighted by Gasteiger charge is -2.12. The van der Waals surface area contributed by atoms with Gasteiger partial charge in [0.1, 0.15) is 17.8 Å². The number of fused-ring (bicyclic) bond motifs is 1. The predicted molar refractivity (Wildman–Crippen MR) is 138 cm³/mol. The van der Waals surface area contributed by atoms with E-state index < -0.39 is 12.1 Å². The maximum atomic E-state index is 12.3. The van der Waals surface area contributed by atoms with Crippen LogP contribution in [0.25, 0.3) is 16.6 Å². The molecule has 0 aliphatic heterocycles. The highest BCUT2D eigenvalue weighted by Crippen LogP contribution is 2.31. The van der Waals surface area contributed by atoms with E-state index >= 15 is 0 Å². The fraction of sp³-hybridized carbons (Fsp3) is 0.385. The number of nitrogens with one attached hydrogen (secondary N) is 2. The van der Waals surface area contributed by atoms with Crippen molar-refractivity contribution in [3.8, 4) is 17.2 Å². The molecule has 0 aliphatic rings. The Morgan fingerprint density at radius 3 is 2.63 bits per heavy atom. The molecule has 0 saturated heterocycles. The van der Waals surface area contributed by atoms with Crippen LogP contribution >= 0.6 is 11.6 Å². The molecule has 0 fully saturated rings. The Balaban J connectivity index is 0.00000195. The first-order valence-electron chi connectivity index (χ1n) is 12.1. The van der Waals surface area contributed by atoms with Crippen molar-refractivity contribution in [2.75, 3.05) is 26.4 Å². The molecule has 38 heavy (non-hydrogen) atoms. The van der Waals surface area contributed by atoms with E-state index in [9.17, 15) is 13.2 Å². The third-order valence-corrected chi connectivity index (χ3v) is 5.37. The van der Waals surface area contributed by atoms with Crippen LogP contribution in [0.4, 0.5) is 13.2 Å². The summed E-state index contributed by atoms with van der Waals surface area (Å²) < 4.78 is 54.1. The molecule has 0 bridgehead atoms. The summed E-state index contributed by atoms with van der Waals surface area (Å²) >= 11 is 5.86. The lowest BCUT2D eigenvalue weighted by Crippen LogP contribution is -2.18. The van der Waals surface area contributed by atoms with E-state index in [1.165, 1.54) is 18.2 Å². The Morgan fingerprint density at radius 2 is 1.89 bits per heavy atom. The Morgan fingerprint density at radius 1 is 1.08 bits per heavy atom. The number of hydrogen-bond donors (Lipinski definition) is 2. The van der Waals surface area contributed by atoms with E-state index in [-0.39, 0.29) is 5.02 Å². The molecule has 0 atom stereocenters. The quantitative estimate of drug-likeness (QED) is 0.201. The minimum atomic E-state index is -4.77. The molecule has 2 aromatic carbocycles. The van der Waals surface area contributed by atoms with E-state index in [4.69, 9.17) is 21.1 Å². The van der Waals surface area contributed by atoms with Gasteiger partial charge in [-0.05, 0) is 36.7 Å². The van der Waals surface area contributed by atoms with E-state index in [1.54, 1.807) is 17.1 Å². The lowest BCUT2D eigenvalue weighted by molar-refractivity contribution is -0.274. The van der Waals surface area contributed by atoms with Gasteiger partial charge in [0.05, 0.1) is 40.6 Å². The fourth-order valence-corrected chi connectivity index (χ4v) is 3.67. The monoisotopic (exact) mass is 551 g/mol. The summed E-state index contributed by atoms with van der Waals surface area (Å²) in [4.78, 5) is 3.90. The molecular weight excluding hydrogens is 523 g/mol. The lowest BCUT2D eigenvalue weighted by atomic mass is 10.2. The zero-order valence-electron chi connectivity index (χ0n) is 21.1. The van der Waals surface area contributed by atoms with Crippen molar-refractivity contribution in [2.45, 2.75) is 39.6 Å². The molecule has 2 heterocycles. The minimum absolute atomic E-state index is 0.0871. The molecule has 8 nitrogen and oxygen atoms in total. The average Bonchev–Trinajstić information content (AvgIpc) is 3.59. The van der Waals surface area contributed by atoms with Gasteiger partial charge in [0.2, 0.25) is 0 Å². The Kier molecular flexibility index (Phi) is 11.1. The Labute approximate surface area is 224 Å². The van der Waals surface area contributed by atoms with Crippen molar-refractivity contribution in [3.05, 3.63) is 65.8 Å². The molecule has 2 N–H and O–H groups in total. The number of alkyl halides is 3. The first-order valence-corrected chi connectivity index (χ1v) is 12.5. The second-order valence-corrected chi connectivity index (χ2v) is 8.18. The number of rotatable bonds is 13. The highest BCUT2D eigenvalue weighted by Gasteiger charge is 2.32. The predicted octanol–water partition coefficient (Wildman–Crippen LogP) is 5.89. The summed E-state index contributed by atoms with van der Waals surface area (Å²) in [6.07, 6.45) is 5.59. The topological polar surface area (TPSA) is 86.2 Å². The van der Waals surface area contributed by atoms with Crippen molar-refractivity contribution in [1.82, 2.24) is 25.1 Å². The van der Waals surface area contributed by atoms with Crippen LogP contribution in [0.5, 0.6) is 11.5 Å². The molecule has 0 amide bonds. The number of aromatic amines is 1. The number of hydrogen-bond acceptors (Lipinski definition) is 6. The fourth-order valence-electron chi connectivity index (χ4n) is 3.43. The normalized spacial score (nSPS) is 11.1. The number of aromatic nitrogens is 4. The summed E-state index contributed by atoms with van der Waals surface area (Å²) in [5, 5.41) is 11.0. The van der Waals surface area contributed by atoms with E-state index in [1.807, 2.05) is 26.0 Å². The highest BCUT2D eigenvalue weighted by atomic mass is 35.5. The number of H-pyrrole nitrogens is 1. The van der Waals surface area contributed by atoms with Gasteiger partial charge in [-0.25, -0.2) is 0 Å². The SMILES string of the molecule is CC.FC(F)(F)Oc1ccc(CNCCCOCCCOc2cc(-n3c#cnc3)cc3[nH]ncc23)cc1Cl. The van der Waals surface area contributed by atoms with Crippen molar-refractivity contribution in [1.29, 1.82) is 0 Å². The number of ether oxygens (including phenoxy) is 3. The van der Waals surface area contributed by atoms with E-state index in [0.717, 1.165) is 28.6 Å². The molecule has 0 radical (unpaired) electrons. The molecule has 4 aromatic rings. The van der Waals surface area contributed by atoms with Crippen molar-refractivity contribution in [2.24, 2.45) is 0 Å². The summed E-state index contributed by atoms with van der Waals surface area (Å²) in [7, 11) is 0. The average molecular weight is 552 g/mol. The van der Waals surface area contributed by atoms with Crippen LogP contribution in [-0.2, 0) is 11.3 Å². The molecule has 4 rings (SSSR count). The van der Waals surface area contributed by atoms with Crippen LogP contribution in [0.15, 0.2) is 42.9 Å². The third kappa shape index (κ3) is 8.83. The third-order valence-electron chi connectivity index (χ3n) is 5.08. The van der Waals surface area contributed by atoms with Crippen LogP contribution in [0, 0.1) is 12.4 Å². The van der Waals surface area contributed by atoms with Gasteiger partial charge in [0.25, 0.3) is 0 Å². The summed E-state index contributed by atoms with van der Waals surface area (Å²) in [6.45, 7) is 6.75. The second-order valence-electron chi connectivity index (χ2n) is 7.77. The largest absolute Gasteiger partial charge is 0.573 e. The molecule has 0 unspecified atom stereocenters. The minimum Gasteiger partial charge on any atom is -0.493 e. The van der Waals surface area contributed by atoms with Gasteiger partial charge in [-0.1, -0.05) is 31.5 Å². The van der Waals surface area contributed by atoms with Gasteiger partial charge in [0.15, 0.2) is 0 Å². The van der Waals surface area contributed by atoms with Crippen molar-refractivity contribution >= 4 is 22.5 Å². The van der Waals surface area contributed by atoms with Crippen LogP contribution in [0.3, 0.4) is 0 Å². The van der Waals surface area contributed by atoms with Gasteiger partial charge in [-0.2, -0.15) is 10.1 Å². The molecule has 12 heteroatoms. The maximum Gasteiger partial charge on any atom is 0.573 e.